The summed E-state index contributed by atoms with van der Waals surface area (Å²) in [5.74, 6) is 0.393. The third-order valence-corrected chi connectivity index (χ3v) is 6.74. The highest BCUT2D eigenvalue weighted by Gasteiger charge is 2.35. The van der Waals surface area contributed by atoms with Gasteiger partial charge in [0.1, 0.15) is 0 Å². The van der Waals surface area contributed by atoms with E-state index in [1.54, 1.807) is 0 Å². The van der Waals surface area contributed by atoms with Gasteiger partial charge in [0.25, 0.3) is 0 Å². The first-order valence-electron chi connectivity index (χ1n) is 8.02. The molecule has 0 amide bonds. The number of rotatable bonds is 2. The van der Waals surface area contributed by atoms with Crippen LogP contribution in [0.2, 0.25) is 0 Å². The lowest BCUT2D eigenvalue weighted by atomic mass is 9.76. The van der Waals surface area contributed by atoms with Gasteiger partial charge in [-0.05, 0) is 34.4 Å². The van der Waals surface area contributed by atoms with Crippen molar-refractivity contribution in [3.8, 4) is 0 Å². The lowest BCUT2D eigenvalue weighted by Gasteiger charge is -2.35. The van der Waals surface area contributed by atoms with E-state index >= 15 is 0 Å². The minimum absolute atomic E-state index is 0.0539. The maximum atomic E-state index is 2.57. The number of benzene rings is 1. The number of allylic oxidation sites excluding steroid dienone is 10. The number of nitrogens with zero attached hydrogens (tertiary/aromatic N) is 1. The third kappa shape index (κ3) is 3.08. The fourth-order valence-corrected chi connectivity index (χ4v) is 4.69. The summed E-state index contributed by atoms with van der Waals surface area (Å²) >= 11 is 4.89. The highest BCUT2D eigenvalue weighted by atomic mass is 127. The van der Waals surface area contributed by atoms with E-state index in [2.05, 4.69) is 134 Å². The highest BCUT2D eigenvalue weighted by molar-refractivity contribution is 14.1. The average Bonchev–Trinajstić information content (AvgIpc) is 2.61. The van der Waals surface area contributed by atoms with E-state index in [-0.39, 0.29) is 3.42 Å². The van der Waals surface area contributed by atoms with Gasteiger partial charge < -0.3 is 3.11 Å². The molecule has 1 aliphatic heterocycles. The Hall–Kier alpha value is -1.08. The molecular formula is C21H17I2N. The molecule has 3 aliphatic rings. The predicted molar refractivity (Wildman–Crippen MR) is 120 cm³/mol. The molecule has 1 aromatic carbocycles. The first kappa shape index (κ1) is 16.4. The van der Waals surface area contributed by atoms with Gasteiger partial charge in [-0.3, -0.25) is 0 Å². The minimum atomic E-state index is 0.0539. The standard InChI is InChI=1S/C21H17I2N/c22-21-11-2-1-8-20(21)19(7-4-12-21)18-6-3-5-17(15-18)16-9-13-24(23)14-10-16/h1-13,15,20H,14H2. The van der Waals surface area contributed by atoms with E-state index in [9.17, 15) is 0 Å². The van der Waals surface area contributed by atoms with Crippen molar-refractivity contribution in [1.29, 1.82) is 0 Å². The zero-order valence-electron chi connectivity index (χ0n) is 13.1. The summed E-state index contributed by atoms with van der Waals surface area (Å²) < 4.78 is 2.21. The van der Waals surface area contributed by atoms with Crippen LogP contribution in [0.25, 0.3) is 11.1 Å². The monoisotopic (exact) mass is 537 g/mol. The maximum Gasteiger partial charge on any atom is 0.0689 e. The molecule has 0 fully saturated rings. The van der Waals surface area contributed by atoms with Gasteiger partial charge in [-0.1, -0.05) is 89.4 Å². The third-order valence-electron chi connectivity index (χ3n) is 4.64. The minimum Gasteiger partial charge on any atom is -0.318 e. The lowest BCUT2D eigenvalue weighted by molar-refractivity contribution is 0.745. The summed E-state index contributed by atoms with van der Waals surface area (Å²) in [6, 6.07) is 8.94. The van der Waals surface area contributed by atoms with Crippen LogP contribution in [-0.2, 0) is 0 Å². The molecule has 24 heavy (non-hydrogen) atoms. The van der Waals surface area contributed by atoms with Crippen LogP contribution >= 0.6 is 45.5 Å². The molecular weight excluding hydrogens is 520 g/mol. The Balaban J connectivity index is 1.71. The fourth-order valence-electron chi connectivity index (χ4n) is 3.38. The second-order valence-electron chi connectivity index (χ2n) is 6.17. The molecule has 1 nitrogen and oxygen atoms in total. The topological polar surface area (TPSA) is 3.24 Å². The van der Waals surface area contributed by atoms with Crippen molar-refractivity contribution in [2.24, 2.45) is 5.92 Å². The number of fused-ring (bicyclic) bond motifs is 1. The van der Waals surface area contributed by atoms with Crippen molar-refractivity contribution < 1.29 is 0 Å². The van der Waals surface area contributed by atoms with Gasteiger partial charge in [-0.15, -0.1) is 0 Å². The molecule has 0 saturated carbocycles. The van der Waals surface area contributed by atoms with Crippen LogP contribution < -0.4 is 0 Å². The molecule has 0 bridgehead atoms. The van der Waals surface area contributed by atoms with Crippen molar-refractivity contribution in [3.63, 3.8) is 0 Å². The van der Waals surface area contributed by atoms with E-state index in [0.717, 1.165) is 6.54 Å². The van der Waals surface area contributed by atoms with Gasteiger partial charge in [-0.2, -0.15) is 0 Å². The largest absolute Gasteiger partial charge is 0.318 e. The second-order valence-corrected chi connectivity index (χ2v) is 9.28. The van der Waals surface area contributed by atoms with E-state index < -0.39 is 0 Å². The van der Waals surface area contributed by atoms with Crippen LogP contribution in [0.5, 0.6) is 0 Å². The van der Waals surface area contributed by atoms with E-state index in [1.165, 1.54) is 22.3 Å². The Kier molecular flexibility index (Phi) is 4.56. The second kappa shape index (κ2) is 6.67. The van der Waals surface area contributed by atoms with Crippen LogP contribution in [0, 0.1) is 5.92 Å². The molecule has 0 radical (unpaired) electrons. The van der Waals surface area contributed by atoms with Crippen LogP contribution in [0.4, 0.5) is 0 Å². The smallest absolute Gasteiger partial charge is 0.0689 e. The van der Waals surface area contributed by atoms with Crippen LogP contribution in [0.3, 0.4) is 0 Å². The van der Waals surface area contributed by atoms with Gasteiger partial charge in [0.05, 0.1) is 26.3 Å². The zero-order valence-corrected chi connectivity index (χ0v) is 17.4. The molecule has 1 aromatic rings. The van der Waals surface area contributed by atoms with Crippen molar-refractivity contribution in [2.45, 2.75) is 3.42 Å². The van der Waals surface area contributed by atoms with Crippen molar-refractivity contribution in [1.82, 2.24) is 3.11 Å². The molecule has 120 valence electrons. The molecule has 2 atom stereocenters. The zero-order chi connectivity index (χ0) is 16.6. The van der Waals surface area contributed by atoms with Gasteiger partial charge in [0.2, 0.25) is 0 Å². The lowest BCUT2D eigenvalue weighted by Crippen LogP contribution is -2.29. The molecule has 0 saturated heterocycles. The number of alkyl halides is 1. The summed E-state index contributed by atoms with van der Waals surface area (Å²) in [7, 11) is 0. The van der Waals surface area contributed by atoms with Crippen molar-refractivity contribution in [3.05, 3.63) is 96.3 Å². The first-order chi connectivity index (χ1) is 11.7. The number of hydrogen-bond donors (Lipinski definition) is 0. The summed E-state index contributed by atoms with van der Waals surface area (Å²) in [5, 5.41) is 0. The van der Waals surface area contributed by atoms with Gasteiger partial charge in [-0.25, -0.2) is 0 Å². The Morgan fingerprint density at radius 3 is 2.75 bits per heavy atom. The summed E-state index contributed by atoms with van der Waals surface area (Å²) in [6.45, 7) is 0.953. The number of halogens is 2. The summed E-state index contributed by atoms with van der Waals surface area (Å²) in [5.41, 5.74) is 5.30. The van der Waals surface area contributed by atoms with Gasteiger partial charge >= 0.3 is 0 Å². The molecule has 3 heteroatoms. The SMILES string of the molecule is IN1C=CC(c2cccc(C3=CC=CC4(I)C=CC=CC34)c2)=CC1. The summed E-state index contributed by atoms with van der Waals surface area (Å²) in [4.78, 5) is 0. The average molecular weight is 537 g/mol. The van der Waals surface area contributed by atoms with Gasteiger partial charge in [0.15, 0.2) is 0 Å². The van der Waals surface area contributed by atoms with Crippen molar-refractivity contribution in [2.75, 3.05) is 6.54 Å². The van der Waals surface area contributed by atoms with Crippen molar-refractivity contribution >= 4 is 56.6 Å². The van der Waals surface area contributed by atoms with E-state index in [1.807, 2.05) is 0 Å². The van der Waals surface area contributed by atoms with E-state index in [4.69, 9.17) is 0 Å². The normalized spacial score (nSPS) is 27.8. The highest BCUT2D eigenvalue weighted by Crippen LogP contribution is 2.45. The molecule has 2 unspecified atom stereocenters. The molecule has 4 rings (SSSR count). The quantitative estimate of drug-likeness (QED) is 0.250. The Morgan fingerprint density at radius 1 is 1.08 bits per heavy atom. The Morgan fingerprint density at radius 2 is 1.92 bits per heavy atom. The Bertz CT molecular complexity index is 841. The molecule has 0 spiro atoms. The van der Waals surface area contributed by atoms with Crippen LogP contribution in [0.15, 0.2) is 85.1 Å². The fraction of sp³-hybridized carbons (Fsp3) is 0.143. The van der Waals surface area contributed by atoms with Crippen LogP contribution in [-0.4, -0.2) is 13.1 Å². The molecule has 2 aliphatic carbocycles. The van der Waals surface area contributed by atoms with E-state index in [0.29, 0.717) is 5.92 Å². The van der Waals surface area contributed by atoms with Gasteiger partial charge in [0, 0.05) is 18.7 Å². The van der Waals surface area contributed by atoms with Crippen LogP contribution in [0.1, 0.15) is 11.1 Å². The first-order valence-corrected chi connectivity index (χ1v) is 10.1. The Labute approximate surface area is 170 Å². The maximum absolute atomic E-state index is 2.57. The molecule has 1 heterocycles. The molecule has 0 aromatic heterocycles. The summed E-state index contributed by atoms with van der Waals surface area (Å²) in [6.07, 6.45) is 22.3. The predicted octanol–water partition coefficient (Wildman–Crippen LogP) is 6.12. The number of hydrogen-bond acceptors (Lipinski definition) is 1. The molecule has 0 N–H and O–H groups in total.